The summed E-state index contributed by atoms with van der Waals surface area (Å²) in [7, 11) is 0. The van der Waals surface area contributed by atoms with Gasteiger partial charge >= 0.3 is 0 Å². The van der Waals surface area contributed by atoms with E-state index in [1.165, 1.54) is 82.8 Å². The molecule has 1 heterocycles. The molecule has 1 fully saturated rings. The number of hydrogen-bond acceptors (Lipinski definition) is 1. The average molecular weight is 304 g/mol. The molecule has 0 aliphatic carbocycles. The highest BCUT2D eigenvalue weighted by molar-refractivity contribution is 9.09. The number of alkyl halides is 1. The molecule has 0 aromatic heterocycles. The van der Waals surface area contributed by atoms with E-state index in [2.05, 4.69) is 27.8 Å². The predicted octanol–water partition coefficient (Wildman–Crippen LogP) is 4.84. The van der Waals surface area contributed by atoms with Crippen molar-refractivity contribution < 1.29 is 0 Å². The van der Waals surface area contributed by atoms with E-state index in [4.69, 9.17) is 0 Å². The molecule has 1 aliphatic rings. The summed E-state index contributed by atoms with van der Waals surface area (Å²) in [6.45, 7) is 6.44. The van der Waals surface area contributed by atoms with E-state index < -0.39 is 0 Å². The van der Waals surface area contributed by atoms with Gasteiger partial charge in [-0.25, -0.2) is 0 Å². The van der Waals surface area contributed by atoms with Gasteiger partial charge in [0.25, 0.3) is 0 Å². The van der Waals surface area contributed by atoms with Crippen molar-refractivity contribution in [3.63, 3.8) is 0 Å². The fourth-order valence-electron chi connectivity index (χ4n) is 2.76. The van der Waals surface area contributed by atoms with E-state index in [0.717, 1.165) is 5.92 Å². The molecule has 0 N–H and O–H groups in total. The lowest BCUT2D eigenvalue weighted by Gasteiger charge is -2.15. The second-order valence-electron chi connectivity index (χ2n) is 5.53. The van der Waals surface area contributed by atoms with Crippen molar-refractivity contribution in [3.8, 4) is 0 Å². The van der Waals surface area contributed by atoms with E-state index >= 15 is 0 Å². The zero-order valence-corrected chi connectivity index (χ0v) is 13.2. The number of rotatable bonds is 10. The third kappa shape index (κ3) is 7.46. The highest BCUT2D eigenvalue weighted by atomic mass is 79.9. The minimum atomic E-state index is 0.999. The van der Waals surface area contributed by atoms with Crippen LogP contribution in [0.2, 0.25) is 0 Å². The molecule has 2 heteroatoms. The summed E-state index contributed by atoms with van der Waals surface area (Å²) >= 11 is 3.49. The van der Waals surface area contributed by atoms with Gasteiger partial charge in [0.15, 0.2) is 0 Å². The molecule has 1 rings (SSSR count). The largest absolute Gasteiger partial charge is 0.303 e. The maximum absolute atomic E-state index is 3.49. The molecule has 1 atom stereocenters. The van der Waals surface area contributed by atoms with Crippen LogP contribution in [0.25, 0.3) is 0 Å². The van der Waals surface area contributed by atoms with E-state index in [9.17, 15) is 0 Å². The van der Waals surface area contributed by atoms with Crippen molar-refractivity contribution in [2.24, 2.45) is 5.92 Å². The molecule has 0 saturated carbocycles. The SMILES string of the molecule is CCC1CCN(CCCCCCCCCBr)C1. The first-order valence-electron chi connectivity index (χ1n) is 7.65. The Bertz CT molecular complexity index is 172. The highest BCUT2D eigenvalue weighted by Gasteiger charge is 2.19. The third-order valence-corrected chi connectivity index (χ3v) is 4.62. The Kier molecular flexibility index (Phi) is 9.45. The number of halogens is 1. The predicted molar refractivity (Wildman–Crippen MR) is 81.0 cm³/mol. The topological polar surface area (TPSA) is 3.24 Å². The monoisotopic (exact) mass is 303 g/mol. The van der Waals surface area contributed by atoms with Gasteiger partial charge in [0, 0.05) is 11.9 Å². The first-order valence-corrected chi connectivity index (χ1v) is 8.77. The fraction of sp³-hybridized carbons (Fsp3) is 1.00. The minimum Gasteiger partial charge on any atom is -0.303 e. The first kappa shape index (κ1) is 15.5. The molecule has 0 aromatic rings. The molecular weight excluding hydrogens is 274 g/mol. The summed E-state index contributed by atoms with van der Waals surface area (Å²) in [5.74, 6) is 0.999. The lowest BCUT2D eigenvalue weighted by Crippen LogP contribution is -2.21. The van der Waals surface area contributed by atoms with Crippen LogP contribution in [0.4, 0.5) is 0 Å². The van der Waals surface area contributed by atoms with Crippen LogP contribution in [-0.4, -0.2) is 29.9 Å². The molecule has 17 heavy (non-hydrogen) atoms. The van der Waals surface area contributed by atoms with Crippen LogP contribution in [0.1, 0.15) is 64.7 Å². The summed E-state index contributed by atoms with van der Waals surface area (Å²) in [6.07, 6.45) is 12.8. The Hall–Kier alpha value is 0.440. The van der Waals surface area contributed by atoms with Gasteiger partial charge in [0.05, 0.1) is 0 Å². The van der Waals surface area contributed by atoms with Crippen LogP contribution < -0.4 is 0 Å². The van der Waals surface area contributed by atoms with E-state index in [0.29, 0.717) is 0 Å². The van der Waals surface area contributed by atoms with Crippen LogP contribution in [0, 0.1) is 5.92 Å². The second kappa shape index (κ2) is 10.4. The molecule has 0 radical (unpaired) electrons. The van der Waals surface area contributed by atoms with Crippen molar-refractivity contribution in [2.75, 3.05) is 25.0 Å². The summed E-state index contributed by atoms with van der Waals surface area (Å²) in [6, 6.07) is 0. The fourth-order valence-corrected chi connectivity index (χ4v) is 3.16. The van der Waals surface area contributed by atoms with Gasteiger partial charge in [-0.3, -0.25) is 0 Å². The zero-order valence-electron chi connectivity index (χ0n) is 11.6. The molecule has 1 saturated heterocycles. The standard InChI is InChI=1S/C15H30BrN/c1-2-15-10-13-17(14-15)12-9-7-5-3-4-6-8-11-16/h15H,2-14H2,1H3. The van der Waals surface area contributed by atoms with E-state index in [-0.39, 0.29) is 0 Å². The maximum Gasteiger partial charge on any atom is 0.00313 e. The molecule has 0 bridgehead atoms. The summed E-state index contributed by atoms with van der Waals surface area (Å²) in [5, 5.41) is 1.18. The smallest absolute Gasteiger partial charge is 0.00313 e. The lowest BCUT2D eigenvalue weighted by molar-refractivity contribution is 0.313. The molecule has 102 valence electrons. The van der Waals surface area contributed by atoms with Crippen molar-refractivity contribution in [1.29, 1.82) is 0 Å². The van der Waals surface area contributed by atoms with Gasteiger partial charge in [-0.2, -0.15) is 0 Å². The van der Waals surface area contributed by atoms with E-state index in [1.807, 2.05) is 0 Å². The van der Waals surface area contributed by atoms with Crippen molar-refractivity contribution >= 4 is 15.9 Å². The maximum atomic E-state index is 3.49. The van der Waals surface area contributed by atoms with Crippen molar-refractivity contribution in [3.05, 3.63) is 0 Å². The number of likely N-dealkylation sites (tertiary alicyclic amines) is 1. The number of unbranched alkanes of at least 4 members (excludes halogenated alkanes) is 6. The number of nitrogens with zero attached hydrogens (tertiary/aromatic N) is 1. The normalized spacial score (nSPS) is 21.2. The summed E-state index contributed by atoms with van der Waals surface area (Å²) in [4.78, 5) is 2.68. The summed E-state index contributed by atoms with van der Waals surface area (Å²) < 4.78 is 0. The molecule has 1 aliphatic heterocycles. The summed E-state index contributed by atoms with van der Waals surface area (Å²) in [5.41, 5.74) is 0. The van der Waals surface area contributed by atoms with Crippen LogP contribution in [0.3, 0.4) is 0 Å². The third-order valence-electron chi connectivity index (χ3n) is 4.06. The Balaban J connectivity index is 1.81. The quantitative estimate of drug-likeness (QED) is 0.412. The van der Waals surface area contributed by atoms with Crippen molar-refractivity contribution in [1.82, 2.24) is 4.90 Å². The molecule has 0 amide bonds. The second-order valence-corrected chi connectivity index (χ2v) is 6.32. The Labute approximate surface area is 116 Å². The zero-order chi connectivity index (χ0) is 12.3. The Morgan fingerprint density at radius 2 is 1.65 bits per heavy atom. The van der Waals surface area contributed by atoms with Crippen LogP contribution >= 0.6 is 15.9 Å². The van der Waals surface area contributed by atoms with Crippen LogP contribution in [0.5, 0.6) is 0 Å². The first-order chi connectivity index (χ1) is 8.36. The molecule has 0 aromatic carbocycles. The molecule has 1 unspecified atom stereocenters. The molecule has 1 nitrogen and oxygen atoms in total. The van der Waals surface area contributed by atoms with Crippen LogP contribution in [-0.2, 0) is 0 Å². The van der Waals surface area contributed by atoms with Crippen molar-refractivity contribution in [2.45, 2.75) is 64.7 Å². The molecule has 0 spiro atoms. The van der Waals surface area contributed by atoms with Gasteiger partial charge in [-0.1, -0.05) is 61.4 Å². The van der Waals surface area contributed by atoms with Gasteiger partial charge in [-0.15, -0.1) is 0 Å². The van der Waals surface area contributed by atoms with Gasteiger partial charge in [0.2, 0.25) is 0 Å². The van der Waals surface area contributed by atoms with E-state index in [1.54, 1.807) is 0 Å². The van der Waals surface area contributed by atoms with Gasteiger partial charge < -0.3 is 4.90 Å². The Morgan fingerprint density at radius 1 is 1.00 bits per heavy atom. The number of hydrogen-bond donors (Lipinski definition) is 0. The van der Waals surface area contributed by atoms with Gasteiger partial charge in [0.1, 0.15) is 0 Å². The minimum absolute atomic E-state index is 0.999. The lowest BCUT2D eigenvalue weighted by atomic mass is 10.1. The average Bonchev–Trinajstić information content (AvgIpc) is 2.80. The Morgan fingerprint density at radius 3 is 2.24 bits per heavy atom. The van der Waals surface area contributed by atoms with Gasteiger partial charge in [-0.05, 0) is 38.3 Å². The van der Waals surface area contributed by atoms with Crippen LogP contribution in [0.15, 0.2) is 0 Å². The molecular formula is C15H30BrN. The highest BCUT2D eigenvalue weighted by Crippen LogP contribution is 2.19.